The Bertz CT molecular complexity index is 504. The molecule has 1 heterocycles. The first-order chi connectivity index (χ1) is 11.2. The van der Waals surface area contributed by atoms with E-state index in [2.05, 4.69) is 26.2 Å². The maximum atomic E-state index is 6.23. The summed E-state index contributed by atoms with van der Waals surface area (Å²) in [6.07, 6.45) is 5.17. The van der Waals surface area contributed by atoms with Gasteiger partial charge in [-0.15, -0.1) is 24.0 Å². The van der Waals surface area contributed by atoms with Gasteiger partial charge < -0.3 is 15.1 Å². The first-order valence-electron chi connectivity index (χ1n) is 8.58. The molecule has 0 aromatic heterocycles. The Morgan fingerprint density at radius 3 is 2.62 bits per heavy atom. The second-order valence-corrected chi connectivity index (χ2v) is 6.58. The SMILES string of the molecule is CN=C(NCCCCN1CCCC1)N(C)Cc1ccccc1Cl.I. The van der Waals surface area contributed by atoms with Crippen LogP contribution in [0.4, 0.5) is 0 Å². The lowest BCUT2D eigenvalue weighted by Gasteiger charge is -2.23. The highest BCUT2D eigenvalue weighted by Gasteiger charge is 2.11. The van der Waals surface area contributed by atoms with Gasteiger partial charge in [0, 0.05) is 32.2 Å². The van der Waals surface area contributed by atoms with Gasteiger partial charge in [0.05, 0.1) is 0 Å². The smallest absolute Gasteiger partial charge is 0.193 e. The van der Waals surface area contributed by atoms with Crippen LogP contribution in [0.25, 0.3) is 0 Å². The van der Waals surface area contributed by atoms with E-state index in [9.17, 15) is 0 Å². The summed E-state index contributed by atoms with van der Waals surface area (Å²) in [5, 5.41) is 4.25. The fraction of sp³-hybridized carbons (Fsp3) is 0.611. The molecule has 0 aliphatic carbocycles. The third-order valence-corrected chi connectivity index (χ3v) is 4.69. The van der Waals surface area contributed by atoms with Crippen LogP contribution in [0.3, 0.4) is 0 Å². The molecule has 0 saturated carbocycles. The minimum atomic E-state index is 0. The summed E-state index contributed by atoms with van der Waals surface area (Å²) >= 11 is 6.23. The number of nitrogens with zero attached hydrogens (tertiary/aromatic N) is 3. The van der Waals surface area contributed by atoms with Crippen LogP contribution in [0.2, 0.25) is 5.02 Å². The molecule has 6 heteroatoms. The molecule has 2 rings (SSSR count). The molecule has 0 amide bonds. The average molecular weight is 465 g/mol. The van der Waals surface area contributed by atoms with Crippen LogP contribution >= 0.6 is 35.6 Å². The molecule has 1 aromatic carbocycles. The van der Waals surface area contributed by atoms with E-state index in [0.717, 1.165) is 29.6 Å². The molecule has 0 radical (unpaired) electrons. The van der Waals surface area contributed by atoms with Gasteiger partial charge in [-0.25, -0.2) is 0 Å². The summed E-state index contributed by atoms with van der Waals surface area (Å²) in [4.78, 5) is 9.05. The van der Waals surface area contributed by atoms with Crippen LogP contribution in [-0.2, 0) is 6.54 Å². The monoisotopic (exact) mass is 464 g/mol. The minimum Gasteiger partial charge on any atom is -0.356 e. The topological polar surface area (TPSA) is 30.9 Å². The molecule has 1 saturated heterocycles. The molecule has 0 unspecified atom stereocenters. The van der Waals surface area contributed by atoms with Crippen molar-refractivity contribution in [3.05, 3.63) is 34.9 Å². The summed E-state index contributed by atoms with van der Waals surface area (Å²) < 4.78 is 0. The lowest BCUT2D eigenvalue weighted by molar-refractivity contribution is 0.330. The van der Waals surface area contributed by atoms with Crippen LogP contribution in [0.1, 0.15) is 31.2 Å². The number of benzene rings is 1. The van der Waals surface area contributed by atoms with Crippen LogP contribution in [0, 0.1) is 0 Å². The van der Waals surface area contributed by atoms with Gasteiger partial charge in [0.1, 0.15) is 0 Å². The van der Waals surface area contributed by atoms with Gasteiger partial charge >= 0.3 is 0 Å². The van der Waals surface area contributed by atoms with E-state index >= 15 is 0 Å². The van der Waals surface area contributed by atoms with Crippen molar-refractivity contribution in [3.63, 3.8) is 0 Å². The average Bonchev–Trinajstić information content (AvgIpc) is 3.06. The Morgan fingerprint density at radius 1 is 1.25 bits per heavy atom. The third kappa shape index (κ3) is 7.15. The second-order valence-electron chi connectivity index (χ2n) is 6.18. The van der Waals surface area contributed by atoms with Crippen LogP contribution in [-0.4, -0.2) is 56.0 Å². The largest absolute Gasteiger partial charge is 0.356 e. The molecule has 0 atom stereocenters. The van der Waals surface area contributed by atoms with Crippen molar-refractivity contribution in [1.82, 2.24) is 15.1 Å². The summed E-state index contributed by atoms with van der Waals surface area (Å²) in [5.41, 5.74) is 1.12. The molecule has 136 valence electrons. The third-order valence-electron chi connectivity index (χ3n) is 4.32. The predicted molar refractivity (Wildman–Crippen MR) is 115 cm³/mol. The molecule has 1 fully saturated rings. The Labute approximate surface area is 168 Å². The molecule has 1 aliphatic heterocycles. The maximum Gasteiger partial charge on any atom is 0.193 e. The second kappa shape index (κ2) is 11.9. The normalized spacial score (nSPS) is 15.2. The number of nitrogens with one attached hydrogen (secondary N) is 1. The number of hydrogen-bond donors (Lipinski definition) is 1. The molecular formula is C18H30ClIN4. The van der Waals surface area contributed by atoms with Gasteiger partial charge in [-0.1, -0.05) is 29.8 Å². The summed E-state index contributed by atoms with van der Waals surface area (Å²) in [6.45, 7) is 5.53. The maximum absolute atomic E-state index is 6.23. The summed E-state index contributed by atoms with van der Waals surface area (Å²) in [6, 6.07) is 7.96. The van der Waals surface area contributed by atoms with Crippen molar-refractivity contribution in [2.45, 2.75) is 32.2 Å². The number of halogens is 2. The van der Waals surface area contributed by atoms with E-state index in [0.29, 0.717) is 0 Å². The lowest BCUT2D eigenvalue weighted by atomic mass is 10.2. The van der Waals surface area contributed by atoms with Crippen LogP contribution < -0.4 is 5.32 Å². The van der Waals surface area contributed by atoms with E-state index in [1.54, 1.807) is 0 Å². The van der Waals surface area contributed by atoms with Gasteiger partial charge in [-0.2, -0.15) is 0 Å². The number of guanidine groups is 1. The molecule has 1 aromatic rings. The standard InChI is InChI=1S/C18H29ClN4.HI/c1-20-18(21-11-5-6-12-23-13-7-8-14-23)22(2)15-16-9-3-4-10-17(16)19;/h3-4,9-10H,5-8,11-15H2,1-2H3,(H,20,21);1H. The first-order valence-corrected chi connectivity index (χ1v) is 8.96. The van der Waals surface area contributed by atoms with Crippen molar-refractivity contribution in [3.8, 4) is 0 Å². The van der Waals surface area contributed by atoms with Gasteiger partial charge in [0.2, 0.25) is 0 Å². The fourth-order valence-corrected chi connectivity index (χ4v) is 3.20. The zero-order valence-corrected chi connectivity index (χ0v) is 17.9. The Morgan fingerprint density at radius 2 is 1.96 bits per heavy atom. The molecule has 0 bridgehead atoms. The van der Waals surface area contributed by atoms with Crippen molar-refractivity contribution in [1.29, 1.82) is 0 Å². The lowest BCUT2D eigenvalue weighted by Crippen LogP contribution is -2.39. The van der Waals surface area contributed by atoms with Gasteiger partial charge in [0.15, 0.2) is 5.96 Å². The Hall–Kier alpha value is -0.530. The van der Waals surface area contributed by atoms with E-state index < -0.39 is 0 Å². The number of unbranched alkanes of at least 4 members (excludes halogenated alkanes) is 1. The fourth-order valence-electron chi connectivity index (χ4n) is 3.01. The minimum absolute atomic E-state index is 0. The number of aliphatic imine (C=N–C) groups is 1. The predicted octanol–water partition coefficient (Wildman–Crippen LogP) is 3.84. The van der Waals surface area contributed by atoms with Gasteiger partial charge in [0.25, 0.3) is 0 Å². The van der Waals surface area contributed by atoms with Crippen LogP contribution in [0.5, 0.6) is 0 Å². The van der Waals surface area contributed by atoms with E-state index in [1.165, 1.54) is 45.3 Å². The van der Waals surface area contributed by atoms with Gasteiger partial charge in [-0.3, -0.25) is 4.99 Å². The highest BCUT2D eigenvalue weighted by Crippen LogP contribution is 2.16. The molecule has 4 nitrogen and oxygen atoms in total. The highest BCUT2D eigenvalue weighted by atomic mass is 127. The number of hydrogen-bond acceptors (Lipinski definition) is 2. The number of likely N-dealkylation sites (tertiary alicyclic amines) is 1. The Balaban J connectivity index is 0.00000288. The van der Waals surface area contributed by atoms with E-state index in [1.807, 2.05) is 32.3 Å². The molecule has 1 N–H and O–H groups in total. The molecule has 1 aliphatic rings. The zero-order chi connectivity index (χ0) is 16.5. The van der Waals surface area contributed by atoms with Crippen molar-refractivity contribution < 1.29 is 0 Å². The van der Waals surface area contributed by atoms with Crippen molar-refractivity contribution in [2.24, 2.45) is 4.99 Å². The summed E-state index contributed by atoms with van der Waals surface area (Å²) in [7, 11) is 3.87. The Kier molecular flexibility index (Phi) is 10.7. The van der Waals surface area contributed by atoms with E-state index in [4.69, 9.17) is 11.6 Å². The van der Waals surface area contributed by atoms with Crippen molar-refractivity contribution >= 4 is 41.5 Å². The number of rotatable bonds is 7. The van der Waals surface area contributed by atoms with E-state index in [-0.39, 0.29) is 24.0 Å². The van der Waals surface area contributed by atoms with Gasteiger partial charge in [-0.05, 0) is 56.9 Å². The highest BCUT2D eigenvalue weighted by molar-refractivity contribution is 14.0. The first kappa shape index (κ1) is 21.5. The molecular weight excluding hydrogens is 435 g/mol. The van der Waals surface area contributed by atoms with Crippen molar-refractivity contribution in [2.75, 3.05) is 40.3 Å². The molecule has 0 spiro atoms. The zero-order valence-electron chi connectivity index (χ0n) is 14.8. The molecule has 24 heavy (non-hydrogen) atoms. The summed E-state index contributed by atoms with van der Waals surface area (Å²) in [5.74, 6) is 0.922. The quantitative estimate of drug-likeness (QED) is 0.288. The van der Waals surface area contributed by atoms with Crippen LogP contribution in [0.15, 0.2) is 29.3 Å².